The lowest BCUT2D eigenvalue weighted by Crippen LogP contribution is -2.53. The summed E-state index contributed by atoms with van der Waals surface area (Å²) in [7, 11) is 0. The summed E-state index contributed by atoms with van der Waals surface area (Å²) < 4.78 is 50.1. The molecule has 4 aliphatic rings. The summed E-state index contributed by atoms with van der Waals surface area (Å²) in [6.07, 6.45) is 17.4. The Morgan fingerprint density at radius 1 is 0.964 bits per heavy atom. The van der Waals surface area contributed by atoms with Gasteiger partial charge in [-0.25, -0.2) is 18.6 Å². The molecule has 3 fully saturated rings. The molecule has 0 spiro atoms. The number of anilines is 1. The van der Waals surface area contributed by atoms with Gasteiger partial charge in [0.25, 0.3) is 0 Å². The predicted octanol–water partition coefficient (Wildman–Crippen LogP) is 7.81. The molecular weight excluding hydrogens is 715 g/mol. The van der Waals surface area contributed by atoms with E-state index in [0.29, 0.717) is 90.4 Å². The molecule has 292 valence electrons. The van der Waals surface area contributed by atoms with Gasteiger partial charge in [-0.15, -0.1) is 6.42 Å². The van der Waals surface area contributed by atoms with Crippen LogP contribution in [0.5, 0.6) is 6.01 Å². The van der Waals surface area contributed by atoms with Crippen molar-refractivity contribution in [2.45, 2.75) is 102 Å². The zero-order chi connectivity index (χ0) is 38.4. The number of aryl methyl sites for hydroxylation is 2. The van der Waals surface area contributed by atoms with Crippen LogP contribution in [0.15, 0.2) is 44.0 Å². The molecule has 4 aliphatic heterocycles. The fourth-order valence-corrected chi connectivity index (χ4v) is 9.85. The number of halogens is 2. The summed E-state index contributed by atoms with van der Waals surface area (Å²) in [6, 6.07) is 8.59. The SMILES string of the molecule is C#Cc1c(F)ccc2cccc(-c3nc4c5c(nc(OCC67CCCN6CCC7)nc5c3F)N3CCN(Cc5oc(=O)oc5CCCCCC)CC3CCC4)c12. The Morgan fingerprint density at radius 3 is 2.62 bits per heavy atom. The molecule has 1 unspecified atom stereocenters. The van der Waals surface area contributed by atoms with Crippen LogP contribution in [0.1, 0.15) is 93.9 Å². The van der Waals surface area contributed by atoms with Gasteiger partial charge in [0.15, 0.2) is 17.3 Å². The number of piperazine rings is 1. The predicted molar refractivity (Wildman–Crippen MR) is 211 cm³/mol. The molecule has 2 aromatic carbocycles. The van der Waals surface area contributed by atoms with E-state index in [-0.39, 0.29) is 34.4 Å². The van der Waals surface area contributed by atoms with Gasteiger partial charge in [0.1, 0.15) is 29.5 Å². The molecule has 3 saturated heterocycles. The number of hydrogen-bond donors (Lipinski definition) is 0. The van der Waals surface area contributed by atoms with Crippen LogP contribution in [0.4, 0.5) is 14.6 Å². The van der Waals surface area contributed by atoms with Crippen molar-refractivity contribution >= 4 is 27.5 Å². The molecule has 0 amide bonds. The van der Waals surface area contributed by atoms with E-state index in [9.17, 15) is 4.79 Å². The van der Waals surface area contributed by atoms with Crippen LogP contribution >= 0.6 is 0 Å². The number of hydrogen-bond acceptors (Lipinski definition) is 10. The quantitative estimate of drug-likeness (QED) is 0.0979. The number of rotatable bonds is 11. The van der Waals surface area contributed by atoms with Crippen molar-refractivity contribution in [3.05, 3.63) is 75.4 Å². The molecular formula is C44H48F2N6O4. The van der Waals surface area contributed by atoms with Crippen molar-refractivity contribution in [1.29, 1.82) is 0 Å². The Kier molecular flexibility index (Phi) is 10.0. The van der Waals surface area contributed by atoms with Crippen LogP contribution in [-0.4, -0.2) is 75.7 Å². The average molecular weight is 763 g/mol. The highest BCUT2D eigenvalue weighted by atomic mass is 19.1. The molecule has 0 aliphatic carbocycles. The van der Waals surface area contributed by atoms with Crippen molar-refractivity contribution in [2.24, 2.45) is 0 Å². The molecule has 0 radical (unpaired) electrons. The lowest BCUT2D eigenvalue weighted by atomic mass is 9.94. The second-order valence-electron chi connectivity index (χ2n) is 16.0. The van der Waals surface area contributed by atoms with E-state index in [1.807, 2.05) is 12.1 Å². The fraction of sp³-hybridized carbons (Fsp3) is 0.500. The maximum Gasteiger partial charge on any atom is 0.519 e. The minimum Gasteiger partial charge on any atom is -0.461 e. The fourth-order valence-electron chi connectivity index (χ4n) is 9.85. The summed E-state index contributed by atoms with van der Waals surface area (Å²) in [5, 5.41) is 1.72. The van der Waals surface area contributed by atoms with E-state index in [0.717, 1.165) is 77.3 Å². The standard InChI is InChI=1S/C44H48F2N6O4/c1-3-5-6-7-16-34-35(56-43(53)55-34)26-50-23-24-52-29(25-50)13-9-15-33-37-40(48-42(49-41(37)52)54-27-44-19-10-21-51(44)22-11-20-44)38(46)39(47-33)31-14-8-12-28-17-18-32(45)30(4-2)36(28)31/h2,8,12,14,17-18,29H,3,5-7,9-11,13,15-16,19-27H2,1H3. The lowest BCUT2D eigenvalue weighted by Gasteiger charge is -2.43. The van der Waals surface area contributed by atoms with Gasteiger partial charge in [-0.3, -0.25) is 9.80 Å². The molecule has 1 atom stereocenters. The normalized spacial score (nSPS) is 19.5. The van der Waals surface area contributed by atoms with E-state index in [2.05, 4.69) is 27.5 Å². The first-order valence-electron chi connectivity index (χ1n) is 20.4. The van der Waals surface area contributed by atoms with Gasteiger partial charge in [0.2, 0.25) is 0 Å². The van der Waals surface area contributed by atoms with Crippen molar-refractivity contribution in [2.75, 3.05) is 44.2 Å². The van der Waals surface area contributed by atoms with E-state index in [1.165, 1.54) is 6.07 Å². The summed E-state index contributed by atoms with van der Waals surface area (Å²) in [4.78, 5) is 34.2. The number of benzene rings is 2. The first-order valence-corrected chi connectivity index (χ1v) is 20.4. The lowest BCUT2D eigenvalue weighted by molar-refractivity contribution is 0.107. The van der Waals surface area contributed by atoms with Crippen molar-refractivity contribution < 1.29 is 22.4 Å². The zero-order valence-corrected chi connectivity index (χ0v) is 32.0. The topological polar surface area (TPSA) is 101 Å². The number of fused-ring (bicyclic) bond motifs is 4. The molecule has 56 heavy (non-hydrogen) atoms. The number of nitrogens with zero attached hydrogens (tertiary/aromatic N) is 6. The van der Waals surface area contributed by atoms with Crippen LogP contribution in [0, 0.1) is 24.0 Å². The first-order chi connectivity index (χ1) is 27.4. The summed E-state index contributed by atoms with van der Waals surface area (Å²) >= 11 is 0. The number of pyridine rings is 1. The Morgan fingerprint density at radius 2 is 1.80 bits per heavy atom. The van der Waals surface area contributed by atoms with E-state index >= 15 is 8.78 Å². The second-order valence-corrected chi connectivity index (χ2v) is 16.0. The number of ether oxygens (including phenoxy) is 1. The highest BCUT2D eigenvalue weighted by molar-refractivity contribution is 6.02. The van der Waals surface area contributed by atoms with Crippen LogP contribution in [0.3, 0.4) is 0 Å². The number of terminal acetylenes is 1. The highest BCUT2D eigenvalue weighted by Crippen LogP contribution is 2.42. The van der Waals surface area contributed by atoms with Crippen molar-refractivity contribution in [1.82, 2.24) is 24.8 Å². The van der Waals surface area contributed by atoms with Gasteiger partial charge in [0, 0.05) is 43.0 Å². The summed E-state index contributed by atoms with van der Waals surface area (Å²) in [6.45, 7) is 7.17. The molecule has 0 N–H and O–H groups in total. The average Bonchev–Trinajstić information content (AvgIpc) is 3.89. The van der Waals surface area contributed by atoms with E-state index in [1.54, 1.807) is 12.1 Å². The number of aromatic nitrogens is 3. The molecule has 5 aromatic rings. The Bertz CT molecular complexity index is 2380. The molecule has 0 saturated carbocycles. The molecule has 3 aromatic heterocycles. The Balaban J connectivity index is 1.10. The van der Waals surface area contributed by atoms with E-state index < -0.39 is 17.5 Å². The molecule has 10 nitrogen and oxygen atoms in total. The van der Waals surface area contributed by atoms with Gasteiger partial charge < -0.3 is 18.5 Å². The maximum atomic E-state index is 17.4. The molecule has 7 heterocycles. The van der Waals surface area contributed by atoms with Crippen molar-refractivity contribution in [3.8, 4) is 29.6 Å². The second kappa shape index (κ2) is 15.2. The third kappa shape index (κ3) is 6.62. The Hall–Kier alpha value is -4.86. The summed E-state index contributed by atoms with van der Waals surface area (Å²) in [5.74, 6) is 2.55. The minimum absolute atomic E-state index is 0.0511. The smallest absolute Gasteiger partial charge is 0.461 e. The Labute approximate surface area is 325 Å². The first kappa shape index (κ1) is 36.8. The summed E-state index contributed by atoms with van der Waals surface area (Å²) in [5.41, 5.74) is 1.36. The van der Waals surface area contributed by atoms with Gasteiger partial charge in [0.05, 0.1) is 28.7 Å². The third-order valence-corrected chi connectivity index (χ3v) is 12.6. The molecule has 12 heteroatoms. The number of unbranched alkanes of at least 4 members (excludes halogenated alkanes) is 3. The van der Waals surface area contributed by atoms with Gasteiger partial charge in [-0.2, -0.15) is 9.97 Å². The molecule has 9 rings (SSSR count). The minimum atomic E-state index is -0.654. The largest absolute Gasteiger partial charge is 0.519 e. The van der Waals surface area contributed by atoms with Crippen LogP contribution < -0.4 is 15.5 Å². The highest BCUT2D eigenvalue weighted by Gasteiger charge is 2.45. The van der Waals surface area contributed by atoms with Crippen LogP contribution in [-0.2, 0) is 19.4 Å². The van der Waals surface area contributed by atoms with Crippen LogP contribution in [0.2, 0.25) is 0 Å². The van der Waals surface area contributed by atoms with Crippen LogP contribution in [0.25, 0.3) is 32.9 Å². The van der Waals surface area contributed by atoms with Gasteiger partial charge in [-0.1, -0.05) is 56.4 Å². The maximum absolute atomic E-state index is 17.4. The van der Waals surface area contributed by atoms with E-state index in [4.69, 9.17) is 34.9 Å². The van der Waals surface area contributed by atoms with Crippen molar-refractivity contribution in [3.63, 3.8) is 0 Å². The van der Waals surface area contributed by atoms with Gasteiger partial charge in [-0.05, 0) is 75.9 Å². The monoisotopic (exact) mass is 762 g/mol. The zero-order valence-electron chi connectivity index (χ0n) is 32.0. The third-order valence-electron chi connectivity index (χ3n) is 12.6. The van der Waals surface area contributed by atoms with Gasteiger partial charge >= 0.3 is 11.8 Å². The molecule has 0 bridgehead atoms.